The highest BCUT2D eigenvalue weighted by Crippen LogP contribution is 2.24. The molecule has 0 saturated carbocycles. The number of carbonyl (C=O) groups excluding carboxylic acids is 1. The van der Waals surface area contributed by atoms with Crippen LogP contribution in [0.2, 0.25) is 5.02 Å². The SMILES string of the molecule is CCN1CCCN(c2cnn(-c3ccc(F)cc3F)c(=O)c2Cl)CC1=O. The molecule has 0 spiro atoms. The molecule has 1 fully saturated rings. The van der Waals surface area contributed by atoms with E-state index in [4.69, 9.17) is 11.6 Å². The highest BCUT2D eigenvalue weighted by Gasteiger charge is 2.24. The summed E-state index contributed by atoms with van der Waals surface area (Å²) in [7, 11) is 0. The molecule has 0 N–H and O–H groups in total. The number of anilines is 1. The third-order valence-corrected chi connectivity index (χ3v) is 4.65. The summed E-state index contributed by atoms with van der Waals surface area (Å²) >= 11 is 6.20. The van der Waals surface area contributed by atoms with Crippen molar-refractivity contribution in [1.29, 1.82) is 0 Å². The van der Waals surface area contributed by atoms with Crippen LogP contribution in [0.5, 0.6) is 0 Å². The molecule has 1 aromatic carbocycles. The lowest BCUT2D eigenvalue weighted by molar-refractivity contribution is -0.129. The lowest BCUT2D eigenvalue weighted by Crippen LogP contribution is -2.37. The summed E-state index contributed by atoms with van der Waals surface area (Å²) in [6.45, 7) is 3.78. The number of hydrogen-bond acceptors (Lipinski definition) is 4. The summed E-state index contributed by atoms with van der Waals surface area (Å²) < 4.78 is 27.8. The molecule has 1 saturated heterocycles. The second-order valence-electron chi connectivity index (χ2n) is 5.90. The molecule has 26 heavy (non-hydrogen) atoms. The standard InChI is InChI=1S/C17H17ClF2N4O2/c1-2-22-6-3-7-23(10-15(22)25)14-9-21-24(17(26)16(14)18)13-5-4-11(19)8-12(13)20/h4-5,8-9H,2-3,6-7,10H2,1H3. The van der Waals surface area contributed by atoms with Crippen molar-refractivity contribution in [1.82, 2.24) is 14.7 Å². The minimum atomic E-state index is -0.924. The van der Waals surface area contributed by atoms with Gasteiger partial charge in [-0.3, -0.25) is 9.59 Å². The largest absolute Gasteiger partial charge is 0.359 e. The molecule has 6 nitrogen and oxygen atoms in total. The van der Waals surface area contributed by atoms with E-state index in [-0.39, 0.29) is 23.2 Å². The summed E-state index contributed by atoms with van der Waals surface area (Å²) in [5.74, 6) is -1.74. The van der Waals surface area contributed by atoms with Crippen LogP contribution in [0, 0.1) is 11.6 Å². The number of halogens is 3. The zero-order chi connectivity index (χ0) is 18.8. The third-order valence-electron chi connectivity index (χ3n) is 4.30. The van der Waals surface area contributed by atoms with Gasteiger partial charge in [-0.1, -0.05) is 11.6 Å². The third kappa shape index (κ3) is 3.41. The van der Waals surface area contributed by atoms with Crippen molar-refractivity contribution in [3.63, 3.8) is 0 Å². The van der Waals surface area contributed by atoms with Crippen LogP contribution >= 0.6 is 11.6 Å². The van der Waals surface area contributed by atoms with Crippen LogP contribution in [-0.4, -0.2) is 46.8 Å². The van der Waals surface area contributed by atoms with E-state index in [1.54, 1.807) is 9.80 Å². The van der Waals surface area contributed by atoms with Crippen molar-refractivity contribution in [3.05, 3.63) is 51.4 Å². The smallest absolute Gasteiger partial charge is 0.292 e. The zero-order valence-electron chi connectivity index (χ0n) is 14.1. The Balaban J connectivity index is 1.97. The molecule has 0 unspecified atom stereocenters. The maximum Gasteiger partial charge on any atom is 0.292 e. The summed E-state index contributed by atoms with van der Waals surface area (Å²) in [4.78, 5) is 28.2. The second-order valence-corrected chi connectivity index (χ2v) is 6.28. The van der Waals surface area contributed by atoms with Crippen molar-refractivity contribution < 1.29 is 13.6 Å². The van der Waals surface area contributed by atoms with Crippen molar-refractivity contribution in [2.45, 2.75) is 13.3 Å². The van der Waals surface area contributed by atoms with Gasteiger partial charge in [0.15, 0.2) is 5.82 Å². The predicted molar refractivity (Wildman–Crippen MR) is 93.8 cm³/mol. The maximum atomic E-state index is 13.9. The van der Waals surface area contributed by atoms with Gasteiger partial charge < -0.3 is 9.80 Å². The number of hydrogen-bond donors (Lipinski definition) is 0. The molecule has 2 aromatic rings. The minimum absolute atomic E-state index is 0.0603. The van der Waals surface area contributed by atoms with Gasteiger partial charge in [0, 0.05) is 25.7 Å². The Labute approximate surface area is 153 Å². The fourth-order valence-electron chi connectivity index (χ4n) is 2.93. The van der Waals surface area contributed by atoms with E-state index in [9.17, 15) is 18.4 Å². The number of aromatic nitrogens is 2. The van der Waals surface area contributed by atoms with Gasteiger partial charge in [0.25, 0.3) is 5.56 Å². The van der Waals surface area contributed by atoms with E-state index >= 15 is 0 Å². The molecule has 2 heterocycles. The highest BCUT2D eigenvalue weighted by molar-refractivity contribution is 6.33. The number of amides is 1. The second kappa shape index (κ2) is 7.41. The highest BCUT2D eigenvalue weighted by atomic mass is 35.5. The molecule has 0 bridgehead atoms. The molecule has 1 aliphatic heterocycles. The van der Waals surface area contributed by atoms with E-state index < -0.39 is 17.2 Å². The monoisotopic (exact) mass is 382 g/mol. The van der Waals surface area contributed by atoms with Crippen LogP contribution in [0.25, 0.3) is 5.69 Å². The molecule has 0 aliphatic carbocycles. The quantitative estimate of drug-likeness (QED) is 0.816. The lowest BCUT2D eigenvalue weighted by atomic mass is 10.3. The predicted octanol–water partition coefficient (Wildman–Crippen LogP) is 2.22. The van der Waals surface area contributed by atoms with Gasteiger partial charge in [-0.15, -0.1) is 0 Å². The van der Waals surface area contributed by atoms with Crippen LogP contribution in [-0.2, 0) is 4.79 Å². The number of carbonyl (C=O) groups is 1. The molecule has 9 heteroatoms. The van der Waals surface area contributed by atoms with E-state index in [2.05, 4.69) is 5.10 Å². The van der Waals surface area contributed by atoms with E-state index in [1.165, 1.54) is 6.20 Å². The Morgan fingerprint density at radius 3 is 2.65 bits per heavy atom. The first kappa shape index (κ1) is 18.3. The Morgan fingerprint density at radius 1 is 1.19 bits per heavy atom. The first-order chi connectivity index (χ1) is 12.4. The fourth-order valence-corrected chi connectivity index (χ4v) is 3.18. The Morgan fingerprint density at radius 2 is 1.96 bits per heavy atom. The van der Waals surface area contributed by atoms with E-state index in [0.717, 1.165) is 23.2 Å². The molecule has 3 rings (SSSR count). The zero-order valence-corrected chi connectivity index (χ0v) is 14.8. The number of nitrogens with zero attached hydrogens (tertiary/aromatic N) is 4. The lowest BCUT2D eigenvalue weighted by Gasteiger charge is -2.23. The minimum Gasteiger partial charge on any atom is -0.359 e. The first-order valence-corrected chi connectivity index (χ1v) is 8.56. The Kier molecular flexibility index (Phi) is 5.22. The first-order valence-electron chi connectivity index (χ1n) is 8.18. The van der Waals surface area contributed by atoms with Gasteiger partial charge in [-0.25, -0.2) is 8.78 Å². The molecule has 0 radical (unpaired) electrons. The molecule has 138 valence electrons. The van der Waals surface area contributed by atoms with Crippen molar-refractivity contribution in [2.24, 2.45) is 0 Å². The van der Waals surface area contributed by atoms with Crippen molar-refractivity contribution in [2.75, 3.05) is 31.1 Å². The van der Waals surface area contributed by atoms with E-state index in [1.807, 2.05) is 6.92 Å². The van der Waals surface area contributed by atoms with Gasteiger partial charge in [-0.2, -0.15) is 9.78 Å². The van der Waals surface area contributed by atoms with Crippen LogP contribution < -0.4 is 10.5 Å². The topological polar surface area (TPSA) is 58.4 Å². The average Bonchev–Trinajstić information content (AvgIpc) is 2.79. The average molecular weight is 383 g/mol. The molecular weight excluding hydrogens is 366 g/mol. The van der Waals surface area contributed by atoms with Crippen LogP contribution in [0.15, 0.2) is 29.2 Å². The van der Waals surface area contributed by atoms with Gasteiger partial charge in [0.1, 0.15) is 16.5 Å². The van der Waals surface area contributed by atoms with Crippen LogP contribution in [0.1, 0.15) is 13.3 Å². The van der Waals surface area contributed by atoms with Crippen molar-refractivity contribution >= 4 is 23.2 Å². The molecular formula is C17H17ClF2N4O2. The molecule has 1 amide bonds. The molecule has 1 aliphatic rings. The Bertz CT molecular complexity index is 903. The number of likely N-dealkylation sites (N-methyl/N-ethyl adjacent to an activating group) is 1. The van der Waals surface area contributed by atoms with Crippen LogP contribution in [0.4, 0.5) is 14.5 Å². The summed E-state index contributed by atoms with van der Waals surface area (Å²) in [6.07, 6.45) is 2.05. The summed E-state index contributed by atoms with van der Waals surface area (Å²) in [5.41, 5.74) is -0.616. The summed E-state index contributed by atoms with van der Waals surface area (Å²) in [6, 6.07) is 2.81. The van der Waals surface area contributed by atoms with E-state index in [0.29, 0.717) is 31.4 Å². The van der Waals surface area contributed by atoms with Gasteiger partial charge in [0.05, 0.1) is 18.4 Å². The summed E-state index contributed by atoms with van der Waals surface area (Å²) in [5, 5.41) is 3.80. The normalized spacial score (nSPS) is 15.3. The number of rotatable bonds is 3. The fraction of sp³-hybridized carbons (Fsp3) is 0.353. The van der Waals surface area contributed by atoms with Gasteiger partial charge >= 0.3 is 0 Å². The Hall–Kier alpha value is -2.48. The van der Waals surface area contributed by atoms with Crippen LogP contribution in [0.3, 0.4) is 0 Å². The van der Waals surface area contributed by atoms with Gasteiger partial charge in [0.2, 0.25) is 5.91 Å². The molecule has 0 atom stereocenters. The maximum absolute atomic E-state index is 13.9. The van der Waals surface area contributed by atoms with Gasteiger partial charge in [-0.05, 0) is 25.5 Å². The molecule has 1 aromatic heterocycles. The number of benzene rings is 1. The van der Waals surface area contributed by atoms with Crippen molar-refractivity contribution in [3.8, 4) is 5.69 Å².